The van der Waals surface area contributed by atoms with Gasteiger partial charge in [-0.1, -0.05) is 6.07 Å². The van der Waals surface area contributed by atoms with Gasteiger partial charge < -0.3 is 10.2 Å². The van der Waals surface area contributed by atoms with Crippen molar-refractivity contribution < 1.29 is 12.8 Å². The monoisotopic (exact) mass is 441 g/mol. The second-order valence-electron chi connectivity index (χ2n) is 7.60. The maximum Gasteiger partial charge on any atom is 0.262 e. The topological polar surface area (TPSA) is 87.2 Å². The van der Waals surface area contributed by atoms with Crippen LogP contribution in [0.5, 0.6) is 0 Å². The fourth-order valence-corrected chi connectivity index (χ4v) is 4.86. The normalized spacial score (nSPS) is 14.0. The zero-order valence-electron chi connectivity index (χ0n) is 17.4. The molecule has 0 aliphatic carbocycles. The van der Waals surface area contributed by atoms with Crippen LogP contribution in [-0.2, 0) is 10.0 Å². The van der Waals surface area contributed by atoms with Crippen molar-refractivity contribution in [2.75, 3.05) is 28.0 Å². The fourth-order valence-electron chi connectivity index (χ4n) is 3.54. The second kappa shape index (κ2) is 8.50. The van der Waals surface area contributed by atoms with Gasteiger partial charge in [0.2, 0.25) is 5.95 Å². The lowest BCUT2D eigenvalue weighted by molar-refractivity contribution is 0.594. The summed E-state index contributed by atoms with van der Waals surface area (Å²) in [5, 5.41) is 3.17. The number of hydrogen-bond acceptors (Lipinski definition) is 6. The van der Waals surface area contributed by atoms with E-state index in [2.05, 4.69) is 24.9 Å². The van der Waals surface area contributed by atoms with Crippen molar-refractivity contribution in [3.8, 4) is 0 Å². The molecule has 0 saturated carbocycles. The lowest BCUT2D eigenvalue weighted by Crippen LogP contribution is -2.19. The van der Waals surface area contributed by atoms with E-state index < -0.39 is 15.8 Å². The summed E-state index contributed by atoms with van der Waals surface area (Å²) < 4.78 is 41.3. The van der Waals surface area contributed by atoms with E-state index in [0.717, 1.165) is 36.4 Å². The lowest BCUT2D eigenvalue weighted by Gasteiger charge is -2.17. The number of aromatic nitrogens is 2. The third-order valence-electron chi connectivity index (χ3n) is 5.10. The summed E-state index contributed by atoms with van der Waals surface area (Å²) in [6.45, 7) is 5.54. The van der Waals surface area contributed by atoms with Crippen LogP contribution in [0.2, 0.25) is 0 Å². The van der Waals surface area contributed by atoms with Gasteiger partial charge in [-0.3, -0.25) is 4.72 Å². The van der Waals surface area contributed by atoms with Crippen molar-refractivity contribution in [2.45, 2.75) is 31.6 Å². The average molecular weight is 442 g/mol. The minimum atomic E-state index is -3.90. The van der Waals surface area contributed by atoms with Gasteiger partial charge in [-0.15, -0.1) is 0 Å². The molecule has 0 unspecified atom stereocenters. The summed E-state index contributed by atoms with van der Waals surface area (Å²) in [6.07, 6.45) is 2.33. The first-order valence-electron chi connectivity index (χ1n) is 10.1. The number of hydrogen-bond donors (Lipinski definition) is 2. The number of aryl methyl sites for hydroxylation is 2. The van der Waals surface area contributed by atoms with Crippen LogP contribution in [-0.4, -0.2) is 31.5 Å². The van der Waals surface area contributed by atoms with Crippen molar-refractivity contribution in [2.24, 2.45) is 0 Å². The smallest absolute Gasteiger partial charge is 0.262 e. The molecule has 1 fully saturated rings. The minimum Gasteiger partial charge on any atom is -0.356 e. The van der Waals surface area contributed by atoms with E-state index in [1.165, 1.54) is 25.0 Å². The highest BCUT2D eigenvalue weighted by Gasteiger charge is 2.18. The predicted molar refractivity (Wildman–Crippen MR) is 120 cm³/mol. The number of sulfonamides is 1. The molecule has 0 bridgehead atoms. The molecule has 31 heavy (non-hydrogen) atoms. The van der Waals surface area contributed by atoms with E-state index in [9.17, 15) is 12.8 Å². The molecule has 2 aromatic carbocycles. The van der Waals surface area contributed by atoms with Gasteiger partial charge in [-0.25, -0.2) is 17.8 Å². The largest absolute Gasteiger partial charge is 0.356 e. The molecule has 2 heterocycles. The Bertz CT molecular complexity index is 1190. The Hall–Kier alpha value is -3.20. The van der Waals surface area contributed by atoms with E-state index in [0.29, 0.717) is 17.2 Å². The van der Waals surface area contributed by atoms with E-state index in [4.69, 9.17) is 0 Å². The van der Waals surface area contributed by atoms with Crippen molar-refractivity contribution in [3.05, 3.63) is 65.6 Å². The summed E-state index contributed by atoms with van der Waals surface area (Å²) in [5.41, 5.74) is 2.44. The highest BCUT2D eigenvalue weighted by molar-refractivity contribution is 7.92. The van der Waals surface area contributed by atoms with Crippen LogP contribution in [0.15, 0.2) is 53.4 Å². The van der Waals surface area contributed by atoms with Gasteiger partial charge in [-0.2, -0.15) is 4.98 Å². The Labute approximate surface area is 181 Å². The summed E-state index contributed by atoms with van der Waals surface area (Å²) in [4.78, 5) is 11.2. The standard InChI is InChI=1S/C22H24FN5O2S/c1-15-5-6-17(23)14-20(15)31(29,30)27-19-9-7-18(8-10-19)25-22-24-16(2)13-21(26-22)28-11-3-4-12-28/h5-10,13-14,27H,3-4,11-12H2,1-2H3,(H,24,25,26). The molecule has 1 saturated heterocycles. The second-order valence-corrected chi connectivity index (χ2v) is 9.25. The maximum absolute atomic E-state index is 13.5. The van der Waals surface area contributed by atoms with Gasteiger partial charge >= 0.3 is 0 Å². The third-order valence-corrected chi connectivity index (χ3v) is 6.63. The molecule has 9 heteroatoms. The number of rotatable bonds is 6. The molecule has 0 amide bonds. The van der Waals surface area contributed by atoms with E-state index in [1.54, 1.807) is 31.2 Å². The first-order chi connectivity index (χ1) is 14.8. The molecule has 3 aromatic rings. The van der Waals surface area contributed by atoms with Gasteiger partial charge in [-0.05, 0) is 68.7 Å². The summed E-state index contributed by atoms with van der Waals surface area (Å²) in [6, 6.07) is 12.4. The van der Waals surface area contributed by atoms with Crippen LogP contribution in [0.25, 0.3) is 0 Å². The highest BCUT2D eigenvalue weighted by atomic mass is 32.2. The van der Waals surface area contributed by atoms with Crippen molar-refractivity contribution >= 4 is 33.2 Å². The SMILES string of the molecule is Cc1cc(N2CCCC2)nc(Nc2ccc(NS(=O)(=O)c3cc(F)ccc3C)cc2)n1. The Morgan fingerprint density at radius 3 is 2.32 bits per heavy atom. The third kappa shape index (κ3) is 4.93. The average Bonchev–Trinajstić information content (AvgIpc) is 3.26. The van der Waals surface area contributed by atoms with E-state index in [-0.39, 0.29) is 4.90 Å². The zero-order chi connectivity index (χ0) is 22.0. The number of benzene rings is 2. The molecular weight excluding hydrogens is 417 g/mol. The molecule has 7 nitrogen and oxygen atoms in total. The Balaban J connectivity index is 1.49. The van der Waals surface area contributed by atoms with E-state index >= 15 is 0 Å². The molecule has 162 valence electrons. The lowest BCUT2D eigenvalue weighted by atomic mass is 10.2. The highest BCUT2D eigenvalue weighted by Crippen LogP contribution is 2.24. The number of nitrogens with zero attached hydrogens (tertiary/aromatic N) is 3. The Morgan fingerprint density at radius 1 is 0.935 bits per heavy atom. The van der Waals surface area contributed by atoms with Gasteiger partial charge in [0.1, 0.15) is 11.6 Å². The molecule has 0 radical (unpaired) electrons. The molecule has 0 spiro atoms. The van der Waals surface area contributed by atoms with Gasteiger partial charge in [0.15, 0.2) is 0 Å². The summed E-state index contributed by atoms with van der Waals surface area (Å²) in [5.74, 6) is 0.796. The summed E-state index contributed by atoms with van der Waals surface area (Å²) in [7, 11) is -3.90. The van der Waals surface area contributed by atoms with Crippen LogP contribution in [0.4, 0.5) is 27.5 Å². The zero-order valence-corrected chi connectivity index (χ0v) is 18.2. The van der Waals surface area contributed by atoms with Gasteiger partial charge in [0.25, 0.3) is 10.0 Å². The molecule has 1 aliphatic rings. The van der Waals surface area contributed by atoms with Crippen LogP contribution in [0.1, 0.15) is 24.1 Å². The van der Waals surface area contributed by atoms with Gasteiger partial charge in [0.05, 0.1) is 4.90 Å². The number of anilines is 4. The van der Waals surface area contributed by atoms with Crippen LogP contribution >= 0.6 is 0 Å². The number of halogens is 1. The molecule has 1 aliphatic heterocycles. The molecular formula is C22H24FN5O2S. The van der Waals surface area contributed by atoms with Crippen LogP contribution in [0.3, 0.4) is 0 Å². The quantitative estimate of drug-likeness (QED) is 0.590. The molecule has 1 aromatic heterocycles. The first-order valence-corrected chi connectivity index (χ1v) is 11.6. The fraction of sp³-hybridized carbons (Fsp3) is 0.273. The first kappa shape index (κ1) is 21.0. The Kier molecular flexibility index (Phi) is 5.77. The van der Waals surface area contributed by atoms with Crippen molar-refractivity contribution in [1.82, 2.24) is 9.97 Å². The van der Waals surface area contributed by atoms with Gasteiger partial charge in [0, 0.05) is 36.2 Å². The molecule has 2 N–H and O–H groups in total. The van der Waals surface area contributed by atoms with Crippen molar-refractivity contribution in [1.29, 1.82) is 0 Å². The summed E-state index contributed by atoms with van der Waals surface area (Å²) >= 11 is 0. The van der Waals surface area contributed by atoms with E-state index in [1.807, 2.05) is 13.0 Å². The predicted octanol–water partition coefficient (Wildman–Crippen LogP) is 4.38. The Morgan fingerprint density at radius 2 is 1.61 bits per heavy atom. The van der Waals surface area contributed by atoms with Crippen LogP contribution < -0.4 is 14.9 Å². The van der Waals surface area contributed by atoms with Crippen LogP contribution in [0, 0.1) is 19.7 Å². The van der Waals surface area contributed by atoms with Crippen molar-refractivity contribution in [3.63, 3.8) is 0 Å². The number of nitrogens with one attached hydrogen (secondary N) is 2. The maximum atomic E-state index is 13.5. The minimum absolute atomic E-state index is 0.0858. The molecule has 4 rings (SSSR count). The molecule has 0 atom stereocenters.